The molecule has 3 saturated carbocycles. The summed E-state index contributed by atoms with van der Waals surface area (Å²) in [4.78, 5) is 37.4. The molecule has 128 valence electrons. The maximum atomic E-state index is 12.9. The smallest absolute Gasteiger partial charge is 0.315 e. The summed E-state index contributed by atoms with van der Waals surface area (Å²) >= 11 is 0. The number of carbonyl (C=O) groups excluding carboxylic acids is 3. The predicted molar refractivity (Wildman–Crippen MR) is 85.1 cm³/mol. The van der Waals surface area contributed by atoms with Gasteiger partial charge in [-0.05, 0) is 26.8 Å². The number of hydrogen-bond donors (Lipinski definition) is 4. The van der Waals surface area contributed by atoms with Crippen LogP contribution in [0.4, 0.5) is 4.79 Å². The van der Waals surface area contributed by atoms with Crippen molar-refractivity contribution in [2.45, 2.75) is 38.5 Å². The molecule has 0 aromatic carbocycles. The molecule has 7 heteroatoms. The van der Waals surface area contributed by atoms with E-state index in [4.69, 9.17) is 0 Å². The van der Waals surface area contributed by atoms with Crippen molar-refractivity contribution in [2.24, 2.45) is 11.3 Å². The molecule has 0 aromatic rings. The van der Waals surface area contributed by atoms with E-state index in [1.54, 1.807) is 25.2 Å². The van der Waals surface area contributed by atoms with Gasteiger partial charge in [0, 0.05) is 11.5 Å². The van der Waals surface area contributed by atoms with Crippen LogP contribution in [-0.2, 0) is 9.59 Å². The predicted octanol–water partition coefficient (Wildman–Crippen LogP) is 0.520. The fraction of sp³-hybridized carbons (Fsp3) is 0.471. The molecule has 7 nitrogen and oxygen atoms in total. The summed E-state index contributed by atoms with van der Waals surface area (Å²) < 4.78 is 0. The molecule has 4 rings (SSSR count). The largest absolute Gasteiger partial charge is 0.508 e. The summed E-state index contributed by atoms with van der Waals surface area (Å²) in [6, 6.07) is -1.89. The van der Waals surface area contributed by atoms with Gasteiger partial charge in [-0.2, -0.15) is 0 Å². The van der Waals surface area contributed by atoms with Crippen molar-refractivity contribution < 1.29 is 24.6 Å². The second kappa shape index (κ2) is 5.04. The van der Waals surface area contributed by atoms with Gasteiger partial charge in [-0.15, -0.1) is 0 Å². The van der Waals surface area contributed by atoms with Gasteiger partial charge in [-0.3, -0.25) is 9.59 Å². The van der Waals surface area contributed by atoms with Crippen LogP contribution < -0.4 is 10.6 Å². The summed E-state index contributed by atoms with van der Waals surface area (Å²) in [5.74, 6) is -2.51. The molecule has 4 fully saturated rings. The van der Waals surface area contributed by atoms with Crippen molar-refractivity contribution in [3.8, 4) is 0 Å². The first-order chi connectivity index (χ1) is 11.2. The van der Waals surface area contributed by atoms with E-state index in [-0.39, 0.29) is 11.3 Å². The number of fused-ring (bicyclic) bond motifs is 2. The standard InChI is InChI=1S/C17H20N2O5/c1-4-5-6-7-8(20)9-10-11-12(19-15(23)18-11)16(2,13(9)21)14(22)17(10,3)24/h4-7,10-12,20,24H,1-3H3,(H2,18,19,23)/b5-4+,7-6+,9-8-/t10?,11-,12-,16+,17?/m0/s1. The molecule has 4 aliphatic rings. The van der Waals surface area contributed by atoms with Gasteiger partial charge in [0.25, 0.3) is 0 Å². The molecule has 2 unspecified atom stereocenters. The van der Waals surface area contributed by atoms with Crippen LogP contribution in [0.5, 0.6) is 0 Å². The normalized spacial score (nSPS) is 43.3. The average Bonchev–Trinajstić information content (AvgIpc) is 2.90. The van der Waals surface area contributed by atoms with Crippen LogP contribution >= 0.6 is 0 Å². The summed E-state index contributed by atoms with van der Waals surface area (Å²) in [5.41, 5.74) is -3.51. The van der Waals surface area contributed by atoms with Crippen molar-refractivity contribution in [2.75, 3.05) is 0 Å². The van der Waals surface area contributed by atoms with Crippen molar-refractivity contribution in [3.05, 3.63) is 35.6 Å². The maximum Gasteiger partial charge on any atom is 0.315 e. The molecule has 1 saturated heterocycles. The minimum absolute atomic E-state index is 0.0203. The van der Waals surface area contributed by atoms with E-state index in [2.05, 4.69) is 10.6 Å². The highest BCUT2D eigenvalue weighted by atomic mass is 16.3. The van der Waals surface area contributed by atoms with E-state index in [0.717, 1.165) is 0 Å². The second-order valence-electron chi connectivity index (χ2n) is 6.79. The zero-order valence-electron chi connectivity index (χ0n) is 13.7. The van der Waals surface area contributed by atoms with Crippen LogP contribution in [0.1, 0.15) is 20.8 Å². The number of rotatable bonds is 2. The van der Waals surface area contributed by atoms with E-state index >= 15 is 0 Å². The highest BCUT2D eigenvalue weighted by Crippen LogP contribution is 2.54. The molecule has 0 spiro atoms. The lowest BCUT2D eigenvalue weighted by molar-refractivity contribution is -0.172. The Balaban J connectivity index is 2.21. The van der Waals surface area contributed by atoms with Crippen LogP contribution in [0.2, 0.25) is 0 Å². The Hall–Kier alpha value is -2.41. The summed E-state index contributed by atoms with van der Waals surface area (Å²) in [6.07, 6.45) is 6.33. The maximum absolute atomic E-state index is 12.9. The molecular formula is C17H20N2O5. The number of carbonyl (C=O) groups is 3. The lowest BCUT2D eigenvalue weighted by Gasteiger charge is -2.56. The number of amides is 2. The first-order valence-electron chi connectivity index (χ1n) is 7.79. The Morgan fingerprint density at radius 1 is 1.17 bits per heavy atom. The molecule has 2 amide bonds. The third kappa shape index (κ3) is 1.84. The van der Waals surface area contributed by atoms with Crippen LogP contribution in [-0.4, -0.2) is 45.5 Å². The Bertz CT molecular complexity index is 733. The van der Waals surface area contributed by atoms with Crippen molar-refractivity contribution in [3.63, 3.8) is 0 Å². The van der Waals surface area contributed by atoms with Crippen LogP contribution in [0.15, 0.2) is 35.6 Å². The van der Waals surface area contributed by atoms with Gasteiger partial charge in [0.05, 0.1) is 12.1 Å². The molecule has 24 heavy (non-hydrogen) atoms. The van der Waals surface area contributed by atoms with E-state index < -0.39 is 46.6 Å². The van der Waals surface area contributed by atoms with E-state index in [0.29, 0.717) is 0 Å². The molecule has 0 radical (unpaired) electrons. The van der Waals surface area contributed by atoms with Gasteiger partial charge in [0.15, 0.2) is 11.6 Å². The minimum atomic E-state index is -1.86. The Labute approximate surface area is 139 Å². The summed E-state index contributed by atoms with van der Waals surface area (Å²) in [7, 11) is 0. The highest BCUT2D eigenvalue weighted by molar-refractivity contribution is 6.22. The fourth-order valence-electron chi connectivity index (χ4n) is 4.19. The minimum Gasteiger partial charge on any atom is -0.508 e. The first kappa shape index (κ1) is 16.4. The third-order valence-corrected chi connectivity index (χ3v) is 5.32. The summed E-state index contributed by atoms with van der Waals surface area (Å²) in [6.45, 7) is 4.54. The van der Waals surface area contributed by atoms with Crippen molar-refractivity contribution >= 4 is 17.6 Å². The number of Topliss-reactive ketones (excluding diaryl/α,β-unsaturated/α-hetero) is 2. The quantitative estimate of drug-likeness (QED) is 0.255. The number of ketones is 2. The van der Waals surface area contributed by atoms with Gasteiger partial charge in [0.1, 0.15) is 16.8 Å². The number of allylic oxidation sites excluding steroid dienone is 4. The monoisotopic (exact) mass is 332 g/mol. The molecule has 0 aromatic heterocycles. The van der Waals surface area contributed by atoms with E-state index in [9.17, 15) is 24.6 Å². The topological polar surface area (TPSA) is 116 Å². The van der Waals surface area contributed by atoms with Gasteiger partial charge in [0.2, 0.25) is 0 Å². The zero-order chi connectivity index (χ0) is 17.9. The van der Waals surface area contributed by atoms with Gasteiger partial charge < -0.3 is 20.8 Å². The number of aliphatic hydroxyl groups excluding tert-OH is 1. The first-order valence-corrected chi connectivity index (χ1v) is 7.79. The van der Waals surface area contributed by atoms with Gasteiger partial charge >= 0.3 is 6.03 Å². The van der Waals surface area contributed by atoms with Gasteiger partial charge in [-0.25, -0.2) is 4.79 Å². The molecule has 5 atom stereocenters. The molecular weight excluding hydrogens is 312 g/mol. The molecule has 4 N–H and O–H groups in total. The fourth-order valence-corrected chi connectivity index (χ4v) is 4.19. The Morgan fingerprint density at radius 3 is 2.46 bits per heavy atom. The summed E-state index contributed by atoms with van der Waals surface area (Å²) in [5, 5.41) is 26.4. The molecule has 1 aliphatic heterocycles. The molecule has 2 bridgehead atoms. The lowest BCUT2D eigenvalue weighted by Crippen LogP contribution is -2.76. The Kier molecular flexibility index (Phi) is 3.46. The third-order valence-electron chi connectivity index (χ3n) is 5.32. The molecule has 3 aliphatic carbocycles. The second-order valence-corrected chi connectivity index (χ2v) is 6.79. The zero-order valence-corrected chi connectivity index (χ0v) is 13.7. The lowest BCUT2D eigenvalue weighted by atomic mass is 9.48. The van der Waals surface area contributed by atoms with Crippen molar-refractivity contribution in [1.29, 1.82) is 0 Å². The van der Waals surface area contributed by atoms with E-state index in [1.807, 2.05) is 0 Å². The van der Waals surface area contributed by atoms with Crippen LogP contribution in [0.25, 0.3) is 0 Å². The average molecular weight is 332 g/mol. The van der Waals surface area contributed by atoms with E-state index in [1.165, 1.54) is 19.9 Å². The highest BCUT2D eigenvalue weighted by Gasteiger charge is 2.73. The number of urea groups is 1. The molecule has 1 heterocycles. The van der Waals surface area contributed by atoms with Crippen molar-refractivity contribution in [1.82, 2.24) is 10.6 Å². The Morgan fingerprint density at radius 2 is 1.83 bits per heavy atom. The van der Waals surface area contributed by atoms with Crippen LogP contribution in [0.3, 0.4) is 0 Å². The number of nitrogens with one attached hydrogen (secondary N) is 2. The SMILES string of the molecule is C/C=C/C=C/C(O)=C1/C(=O)[C@]2(C)C(=O)C(C)(O)C1[C@@H]1NC(=O)N[C@@H]12. The van der Waals surface area contributed by atoms with Gasteiger partial charge in [-0.1, -0.05) is 18.2 Å². The van der Waals surface area contributed by atoms with Crippen LogP contribution in [0, 0.1) is 11.3 Å². The number of hydrogen-bond acceptors (Lipinski definition) is 5. The number of aliphatic hydroxyl groups is 2.